The second-order valence-electron chi connectivity index (χ2n) is 6.42. The van der Waals surface area contributed by atoms with Gasteiger partial charge in [0.05, 0.1) is 0 Å². The molecule has 2 N–H and O–H groups in total. The third-order valence-corrected chi connectivity index (χ3v) is 7.38. The van der Waals surface area contributed by atoms with Gasteiger partial charge in [-0.05, 0) is 45.1 Å². The average molecular weight is 303 g/mol. The van der Waals surface area contributed by atoms with Crippen LogP contribution in [-0.4, -0.2) is 46.0 Å². The van der Waals surface area contributed by atoms with Crippen molar-refractivity contribution in [2.24, 2.45) is 5.73 Å². The fourth-order valence-corrected chi connectivity index (χ4v) is 6.52. The fourth-order valence-electron chi connectivity index (χ4n) is 4.27. The van der Waals surface area contributed by atoms with Gasteiger partial charge in [-0.25, -0.2) is 0 Å². The van der Waals surface area contributed by atoms with Crippen LogP contribution in [0.3, 0.4) is 0 Å². The van der Waals surface area contributed by atoms with E-state index >= 15 is 0 Å². The third-order valence-electron chi connectivity index (χ3n) is 5.18. The summed E-state index contributed by atoms with van der Waals surface area (Å²) >= 11 is 8.76. The molecule has 3 rings (SSSR count). The Labute approximate surface area is 126 Å². The molecule has 2 aliphatic carbocycles. The molecule has 2 saturated carbocycles. The van der Waals surface area contributed by atoms with E-state index in [0.29, 0.717) is 5.38 Å². The molecule has 0 amide bonds. The van der Waals surface area contributed by atoms with Gasteiger partial charge in [0.25, 0.3) is 0 Å². The molecule has 0 radical (unpaired) electrons. The molecule has 0 bridgehead atoms. The second-order valence-corrected chi connectivity index (χ2v) is 8.52. The summed E-state index contributed by atoms with van der Waals surface area (Å²) < 4.78 is 0. The Morgan fingerprint density at radius 1 is 1.05 bits per heavy atom. The Morgan fingerprint density at radius 2 is 1.84 bits per heavy atom. The first-order valence-electron chi connectivity index (χ1n) is 8.05. The van der Waals surface area contributed by atoms with Crippen LogP contribution in [0.1, 0.15) is 51.4 Å². The van der Waals surface area contributed by atoms with Gasteiger partial charge in [0, 0.05) is 34.5 Å². The SMILES string of the molecule is NCCCN1C2CCCCC2SC2CCC(Cl)CC21. The molecule has 0 spiro atoms. The number of nitrogens with two attached hydrogens (primary N) is 1. The molecule has 0 aromatic rings. The van der Waals surface area contributed by atoms with Gasteiger partial charge in [-0.1, -0.05) is 12.8 Å². The lowest BCUT2D eigenvalue weighted by molar-refractivity contribution is 0.0778. The Balaban J connectivity index is 1.75. The molecule has 19 heavy (non-hydrogen) atoms. The summed E-state index contributed by atoms with van der Waals surface area (Å²) in [6.45, 7) is 2.02. The Hall–Kier alpha value is 0.560. The van der Waals surface area contributed by atoms with E-state index in [1.54, 1.807) is 0 Å². The van der Waals surface area contributed by atoms with Crippen LogP contribution in [0, 0.1) is 0 Å². The van der Waals surface area contributed by atoms with Crippen molar-refractivity contribution >= 4 is 23.4 Å². The minimum Gasteiger partial charge on any atom is -0.330 e. The highest BCUT2D eigenvalue weighted by Crippen LogP contribution is 2.46. The van der Waals surface area contributed by atoms with Gasteiger partial charge < -0.3 is 5.73 Å². The number of halogens is 1. The summed E-state index contributed by atoms with van der Waals surface area (Å²) in [6.07, 6.45) is 10.6. The van der Waals surface area contributed by atoms with E-state index in [0.717, 1.165) is 35.5 Å². The van der Waals surface area contributed by atoms with Gasteiger partial charge >= 0.3 is 0 Å². The summed E-state index contributed by atoms with van der Waals surface area (Å²) in [4.78, 5) is 2.83. The minimum atomic E-state index is 0.405. The number of thioether (sulfide) groups is 1. The van der Waals surface area contributed by atoms with Gasteiger partial charge in [0.2, 0.25) is 0 Å². The molecule has 0 aromatic heterocycles. The molecule has 0 aromatic carbocycles. The fraction of sp³-hybridized carbons (Fsp3) is 1.00. The van der Waals surface area contributed by atoms with Crippen molar-refractivity contribution in [1.29, 1.82) is 0 Å². The summed E-state index contributed by atoms with van der Waals surface area (Å²) in [6, 6.07) is 1.54. The van der Waals surface area contributed by atoms with Crippen molar-refractivity contribution in [2.75, 3.05) is 13.1 Å². The molecule has 1 aliphatic heterocycles. The van der Waals surface area contributed by atoms with Gasteiger partial charge in [-0.3, -0.25) is 4.90 Å². The molecule has 2 nitrogen and oxygen atoms in total. The monoisotopic (exact) mass is 302 g/mol. The second kappa shape index (κ2) is 6.55. The first kappa shape index (κ1) is 14.5. The van der Waals surface area contributed by atoms with E-state index in [-0.39, 0.29) is 0 Å². The van der Waals surface area contributed by atoms with E-state index < -0.39 is 0 Å². The van der Waals surface area contributed by atoms with Crippen LogP contribution < -0.4 is 5.73 Å². The number of rotatable bonds is 3. The van der Waals surface area contributed by atoms with E-state index in [2.05, 4.69) is 16.7 Å². The molecule has 4 heteroatoms. The van der Waals surface area contributed by atoms with Crippen LogP contribution in [0.5, 0.6) is 0 Å². The molecule has 110 valence electrons. The smallest absolute Gasteiger partial charge is 0.0351 e. The first-order valence-corrected chi connectivity index (χ1v) is 9.43. The van der Waals surface area contributed by atoms with Gasteiger partial charge in [0.15, 0.2) is 0 Å². The standard InChI is InChI=1S/C15H27ClN2S/c16-11-6-7-15-13(10-11)18(9-3-8-17)12-4-1-2-5-14(12)19-15/h11-15H,1-10,17H2. The molecular formula is C15H27ClN2S. The van der Waals surface area contributed by atoms with Crippen LogP contribution in [-0.2, 0) is 0 Å². The maximum Gasteiger partial charge on any atom is 0.0351 e. The zero-order valence-electron chi connectivity index (χ0n) is 11.8. The van der Waals surface area contributed by atoms with Gasteiger partial charge in [0.1, 0.15) is 0 Å². The minimum absolute atomic E-state index is 0.405. The number of hydrogen-bond donors (Lipinski definition) is 1. The van der Waals surface area contributed by atoms with Crippen molar-refractivity contribution in [2.45, 2.75) is 79.3 Å². The van der Waals surface area contributed by atoms with Crippen molar-refractivity contribution in [3.8, 4) is 0 Å². The van der Waals surface area contributed by atoms with Crippen LogP contribution in [0.2, 0.25) is 0 Å². The van der Waals surface area contributed by atoms with Crippen molar-refractivity contribution in [3.05, 3.63) is 0 Å². The summed E-state index contributed by atoms with van der Waals surface area (Å²) in [5.41, 5.74) is 5.75. The third kappa shape index (κ3) is 3.09. The molecule has 1 saturated heterocycles. The van der Waals surface area contributed by atoms with Crippen LogP contribution in [0.25, 0.3) is 0 Å². The maximum atomic E-state index is 6.45. The molecule has 5 atom stereocenters. The Bertz CT molecular complexity index is 302. The summed E-state index contributed by atoms with van der Waals surface area (Å²) in [5, 5.41) is 2.13. The van der Waals surface area contributed by atoms with E-state index in [1.807, 2.05) is 0 Å². The highest BCUT2D eigenvalue weighted by atomic mass is 35.5. The van der Waals surface area contributed by atoms with Gasteiger partial charge in [-0.15, -0.1) is 11.6 Å². The van der Waals surface area contributed by atoms with Crippen molar-refractivity contribution in [3.63, 3.8) is 0 Å². The highest BCUT2D eigenvalue weighted by Gasteiger charge is 2.45. The molecule has 5 unspecified atom stereocenters. The predicted molar refractivity (Wildman–Crippen MR) is 85.1 cm³/mol. The highest BCUT2D eigenvalue weighted by molar-refractivity contribution is 8.00. The number of fused-ring (bicyclic) bond motifs is 2. The zero-order chi connectivity index (χ0) is 13.2. The Kier molecular flexibility index (Phi) is 5.00. The zero-order valence-corrected chi connectivity index (χ0v) is 13.3. The molecule has 3 aliphatic rings. The van der Waals surface area contributed by atoms with Crippen LogP contribution >= 0.6 is 23.4 Å². The van der Waals surface area contributed by atoms with Crippen molar-refractivity contribution < 1.29 is 0 Å². The van der Waals surface area contributed by atoms with Crippen LogP contribution in [0.4, 0.5) is 0 Å². The summed E-state index contributed by atoms with van der Waals surface area (Å²) in [7, 11) is 0. The lowest BCUT2D eigenvalue weighted by Gasteiger charge is -2.54. The largest absolute Gasteiger partial charge is 0.330 e. The first-order chi connectivity index (χ1) is 9.29. The maximum absolute atomic E-state index is 6.45. The molecule has 1 heterocycles. The van der Waals surface area contributed by atoms with E-state index in [4.69, 9.17) is 17.3 Å². The molecular weight excluding hydrogens is 276 g/mol. The summed E-state index contributed by atoms with van der Waals surface area (Å²) in [5.74, 6) is 0. The Morgan fingerprint density at radius 3 is 2.68 bits per heavy atom. The average Bonchev–Trinajstić information content (AvgIpc) is 2.44. The van der Waals surface area contributed by atoms with E-state index in [1.165, 1.54) is 51.5 Å². The molecule has 3 fully saturated rings. The lowest BCUT2D eigenvalue weighted by atomic mass is 9.87. The van der Waals surface area contributed by atoms with Gasteiger partial charge in [-0.2, -0.15) is 11.8 Å². The normalized spacial score (nSPS) is 43.6. The number of alkyl halides is 1. The quantitative estimate of drug-likeness (QED) is 0.812. The topological polar surface area (TPSA) is 29.3 Å². The van der Waals surface area contributed by atoms with Crippen molar-refractivity contribution in [1.82, 2.24) is 4.90 Å². The van der Waals surface area contributed by atoms with Crippen LogP contribution in [0.15, 0.2) is 0 Å². The van der Waals surface area contributed by atoms with E-state index in [9.17, 15) is 0 Å². The number of hydrogen-bond acceptors (Lipinski definition) is 3. The number of nitrogens with zero attached hydrogens (tertiary/aromatic N) is 1. The lowest BCUT2D eigenvalue weighted by Crippen LogP contribution is -2.59. The predicted octanol–water partition coefficient (Wildman–Crippen LogP) is 3.22.